The highest BCUT2D eigenvalue weighted by Gasteiger charge is 2.33. The number of aromatic hydroxyl groups is 1. The molecule has 2 aromatic carbocycles. The van der Waals surface area contributed by atoms with E-state index in [1.54, 1.807) is 24.3 Å². The second-order valence-electron chi connectivity index (χ2n) is 4.56. The number of rotatable bonds is 2. The van der Waals surface area contributed by atoms with Crippen LogP contribution in [0.4, 0.5) is 5.69 Å². The van der Waals surface area contributed by atoms with E-state index < -0.39 is 0 Å². The summed E-state index contributed by atoms with van der Waals surface area (Å²) >= 11 is 12.6. The molecule has 0 radical (unpaired) electrons. The number of carbonyl (C=O) groups excluding carboxylic acids is 1. The lowest BCUT2D eigenvalue weighted by atomic mass is 10.2. The van der Waals surface area contributed by atoms with Gasteiger partial charge in [0.15, 0.2) is 4.32 Å². The molecule has 110 valence electrons. The average molecular weight is 348 g/mol. The van der Waals surface area contributed by atoms with Crippen molar-refractivity contribution in [3.63, 3.8) is 0 Å². The van der Waals surface area contributed by atoms with Crippen molar-refractivity contribution < 1.29 is 9.90 Å². The molecule has 3 rings (SSSR count). The monoisotopic (exact) mass is 347 g/mol. The van der Waals surface area contributed by atoms with Crippen LogP contribution >= 0.6 is 35.6 Å². The molecule has 1 N–H and O–H groups in total. The predicted molar refractivity (Wildman–Crippen MR) is 95.2 cm³/mol. The number of nitrogens with zero attached hydrogens (tertiary/aromatic N) is 1. The second kappa shape index (κ2) is 6.12. The third-order valence-corrected chi connectivity index (χ3v) is 4.74. The molecular formula is C16H10ClNO2S2. The standard InChI is InChI=1S/C16H10ClNO2S2/c17-13-4-2-1-3-10(13)9-14-15(20)18(16(21)22-14)11-5-7-12(19)8-6-11/h1-9,19H/b14-9+. The Bertz CT molecular complexity index is 787. The predicted octanol–water partition coefficient (Wildman–Crippen LogP) is 4.45. The minimum atomic E-state index is -0.194. The molecule has 1 fully saturated rings. The first-order valence-electron chi connectivity index (χ1n) is 6.38. The van der Waals surface area contributed by atoms with E-state index >= 15 is 0 Å². The third-order valence-electron chi connectivity index (χ3n) is 3.09. The van der Waals surface area contributed by atoms with Gasteiger partial charge in [0.2, 0.25) is 0 Å². The van der Waals surface area contributed by atoms with Crippen LogP contribution in [0.5, 0.6) is 5.75 Å². The Morgan fingerprint density at radius 1 is 1.14 bits per heavy atom. The van der Waals surface area contributed by atoms with Crippen LogP contribution in [0, 0.1) is 0 Å². The Labute approximate surface area is 142 Å². The zero-order chi connectivity index (χ0) is 15.7. The lowest BCUT2D eigenvalue weighted by molar-refractivity contribution is -0.113. The van der Waals surface area contributed by atoms with Gasteiger partial charge in [0, 0.05) is 5.02 Å². The number of carbonyl (C=O) groups is 1. The molecule has 0 spiro atoms. The van der Waals surface area contributed by atoms with Crippen molar-refractivity contribution >= 4 is 57.6 Å². The van der Waals surface area contributed by atoms with Crippen molar-refractivity contribution in [2.45, 2.75) is 0 Å². The molecule has 0 saturated carbocycles. The van der Waals surface area contributed by atoms with E-state index in [-0.39, 0.29) is 11.7 Å². The summed E-state index contributed by atoms with van der Waals surface area (Å²) in [6.45, 7) is 0. The van der Waals surface area contributed by atoms with E-state index in [2.05, 4.69) is 0 Å². The van der Waals surface area contributed by atoms with Gasteiger partial charge < -0.3 is 5.11 Å². The van der Waals surface area contributed by atoms with E-state index in [1.807, 2.05) is 18.2 Å². The van der Waals surface area contributed by atoms with E-state index in [4.69, 9.17) is 23.8 Å². The van der Waals surface area contributed by atoms with Crippen molar-refractivity contribution in [3.8, 4) is 5.75 Å². The van der Waals surface area contributed by atoms with Gasteiger partial charge in [0.25, 0.3) is 5.91 Å². The van der Waals surface area contributed by atoms with Gasteiger partial charge in [-0.2, -0.15) is 0 Å². The molecule has 0 atom stereocenters. The summed E-state index contributed by atoms with van der Waals surface area (Å²) in [6, 6.07) is 13.7. The van der Waals surface area contributed by atoms with Gasteiger partial charge in [-0.25, -0.2) is 0 Å². The van der Waals surface area contributed by atoms with Crippen molar-refractivity contribution in [1.82, 2.24) is 0 Å². The topological polar surface area (TPSA) is 40.5 Å². The smallest absolute Gasteiger partial charge is 0.270 e. The molecule has 1 amide bonds. The number of amides is 1. The first-order chi connectivity index (χ1) is 10.6. The number of phenolic OH excluding ortho intramolecular Hbond substituents is 1. The minimum absolute atomic E-state index is 0.140. The fraction of sp³-hybridized carbons (Fsp3) is 0. The molecule has 0 aliphatic carbocycles. The summed E-state index contributed by atoms with van der Waals surface area (Å²) in [5.41, 5.74) is 1.40. The molecule has 1 saturated heterocycles. The van der Waals surface area contributed by atoms with Gasteiger partial charge in [-0.3, -0.25) is 9.69 Å². The minimum Gasteiger partial charge on any atom is -0.508 e. The molecule has 2 aromatic rings. The van der Waals surface area contributed by atoms with Gasteiger partial charge in [-0.05, 0) is 42.0 Å². The average Bonchev–Trinajstić information content (AvgIpc) is 2.77. The van der Waals surface area contributed by atoms with Crippen LogP contribution in [-0.4, -0.2) is 15.3 Å². The van der Waals surface area contributed by atoms with E-state index in [1.165, 1.54) is 28.8 Å². The summed E-state index contributed by atoms with van der Waals surface area (Å²) in [5.74, 6) is -0.0543. The Kier molecular flexibility index (Phi) is 4.20. The van der Waals surface area contributed by atoms with Crippen LogP contribution in [0.2, 0.25) is 5.02 Å². The lowest BCUT2D eigenvalue weighted by Crippen LogP contribution is -2.27. The van der Waals surface area contributed by atoms with Crippen LogP contribution in [0.3, 0.4) is 0 Å². The number of thioether (sulfide) groups is 1. The SMILES string of the molecule is O=C1/C(=C\c2ccccc2Cl)SC(=S)N1c1ccc(O)cc1. The van der Waals surface area contributed by atoms with E-state index in [9.17, 15) is 9.90 Å². The number of hydrogen-bond acceptors (Lipinski definition) is 4. The van der Waals surface area contributed by atoms with Crippen molar-refractivity contribution in [3.05, 3.63) is 64.0 Å². The third kappa shape index (κ3) is 2.88. The first kappa shape index (κ1) is 15.1. The fourth-order valence-corrected chi connectivity index (χ4v) is 3.51. The Hall–Kier alpha value is -1.82. The molecule has 3 nitrogen and oxygen atoms in total. The maximum Gasteiger partial charge on any atom is 0.270 e. The van der Waals surface area contributed by atoms with Gasteiger partial charge in [-0.1, -0.05) is 53.8 Å². The molecule has 6 heteroatoms. The van der Waals surface area contributed by atoms with E-state index in [0.29, 0.717) is 19.9 Å². The molecule has 1 aliphatic heterocycles. The van der Waals surface area contributed by atoms with Crippen molar-refractivity contribution in [1.29, 1.82) is 0 Å². The molecule has 1 heterocycles. The summed E-state index contributed by atoms with van der Waals surface area (Å²) in [6.07, 6.45) is 1.74. The number of phenols is 1. The number of thiocarbonyl (C=S) groups is 1. The molecule has 0 aromatic heterocycles. The lowest BCUT2D eigenvalue weighted by Gasteiger charge is -2.14. The van der Waals surface area contributed by atoms with Gasteiger partial charge in [-0.15, -0.1) is 0 Å². The summed E-state index contributed by atoms with van der Waals surface area (Å²) in [7, 11) is 0. The zero-order valence-corrected chi connectivity index (χ0v) is 13.6. The first-order valence-corrected chi connectivity index (χ1v) is 7.98. The van der Waals surface area contributed by atoms with Crippen molar-refractivity contribution in [2.24, 2.45) is 0 Å². The van der Waals surface area contributed by atoms with E-state index in [0.717, 1.165) is 5.56 Å². The second-order valence-corrected chi connectivity index (χ2v) is 6.64. The summed E-state index contributed by atoms with van der Waals surface area (Å²) in [4.78, 5) is 14.5. The Morgan fingerprint density at radius 3 is 2.50 bits per heavy atom. The summed E-state index contributed by atoms with van der Waals surface area (Å²) < 4.78 is 0.453. The molecular weight excluding hydrogens is 338 g/mol. The van der Waals surface area contributed by atoms with Crippen LogP contribution in [0.1, 0.15) is 5.56 Å². The highest BCUT2D eigenvalue weighted by atomic mass is 35.5. The van der Waals surface area contributed by atoms with Crippen LogP contribution in [-0.2, 0) is 4.79 Å². The largest absolute Gasteiger partial charge is 0.508 e. The van der Waals surface area contributed by atoms with Crippen LogP contribution in [0.15, 0.2) is 53.4 Å². The highest BCUT2D eigenvalue weighted by Crippen LogP contribution is 2.37. The highest BCUT2D eigenvalue weighted by molar-refractivity contribution is 8.27. The van der Waals surface area contributed by atoms with Crippen LogP contribution in [0.25, 0.3) is 6.08 Å². The van der Waals surface area contributed by atoms with Crippen LogP contribution < -0.4 is 4.90 Å². The maximum absolute atomic E-state index is 12.6. The zero-order valence-electron chi connectivity index (χ0n) is 11.2. The number of halogens is 1. The molecule has 1 aliphatic rings. The maximum atomic E-state index is 12.6. The molecule has 0 unspecified atom stereocenters. The molecule has 0 bridgehead atoms. The number of hydrogen-bond donors (Lipinski definition) is 1. The Morgan fingerprint density at radius 2 is 1.82 bits per heavy atom. The Balaban J connectivity index is 1.95. The van der Waals surface area contributed by atoms with Gasteiger partial charge >= 0.3 is 0 Å². The van der Waals surface area contributed by atoms with Gasteiger partial charge in [0.05, 0.1) is 10.6 Å². The summed E-state index contributed by atoms with van der Waals surface area (Å²) in [5, 5.41) is 9.92. The quantitative estimate of drug-likeness (QED) is 0.643. The van der Waals surface area contributed by atoms with Gasteiger partial charge in [0.1, 0.15) is 5.75 Å². The van der Waals surface area contributed by atoms with Crippen molar-refractivity contribution in [2.75, 3.05) is 4.90 Å². The number of anilines is 1. The number of benzene rings is 2. The normalized spacial score (nSPS) is 16.6. The molecule has 22 heavy (non-hydrogen) atoms. The fourth-order valence-electron chi connectivity index (χ4n) is 2.03.